The Bertz CT molecular complexity index is 993. The van der Waals surface area contributed by atoms with Gasteiger partial charge in [-0.05, 0) is 83.5 Å². The predicted octanol–water partition coefficient (Wildman–Crippen LogP) is 16.1. The molecule has 1 amide bonds. The molecule has 6 heteroatoms. The highest BCUT2D eigenvalue weighted by Gasteiger charge is 2.20. The van der Waals surface area contributed by atoms with E-state index in [-0.39, 0.29) is 18.5 Å². The van der Waals surface area contributed by atoms with Crippen LogP contribution >= 0.6 is 0 Å². The summed E-state index contributed by atoms with van der Waals surface area (Å²) in [6.07, 6.45) is 61.3. The van der Waals surface area contributed by atoms with Crippen LogP contribution in [0.3, 0.4) is 0 Å². The first-order chi connectivity index (χ1) is 30.0. The minimum atomic E-state index is -0.668. The van der Waals surface area contributed by atoms with Crippen LogP contribution in [0.15, 0.2) is 36.5 Å². The van der Waals surface area contributed by atoms with Gasteiger partial charge in [0.25, 0.3) is 0 Å². The molecule has 0 radical (unpaired) electrons. The van der Waals surface area contributed by atoms with Crippen molar-refractivity contribution >= 4 is 11.9 Å². The van der Waals surface area contributed by atoms with Gasteiger partial charge in [0.15, 0.2) is 0 Å². The van der Waals surface area contributed by atoms with Crippen LogP contribution in [0.2, 0.25) is 0 Å². The second-order valence-electron chi connectivity index (χ2n) is 18.2. The van der Waals surface area contributed by atoms with Gasteiger partial charge in [-0.3, -0.25) is 9.59 Å². The van der Waals surface area contributed by atoms with Crippen LogP contribution in [-0.4, -0.2) is 47.4 Å². The van der Waals surface area contributed by atoms with Gasteiger partial charge in [0, 0.05) is 12.8 Å². The average Bonchev–Trinajstić information content (AvgIpc) is 3.26. The smallest absolute Gasteiger partial charge is 0.305 e. The molecule has 3 N–H and O–H groups in total. The van der Waals surface area contributed by atoms with E-state index in [9.17, 15) is 19.8 Å². The van der Waals surface area contributed by atoms with Crippen LogP contribution in [0.5, 0.6) is 0 Å². The Kier molecular flexibility index (Phi) is 49.1. The highest BCUT2D eigenvalue weighted by atomic mass is 16.5. The fourth-order valence-corrected chi connectivity index (χ4v) is 8.02. The minimum absolute atomic E-state index is 0.00376. The molecular formula is C55H103NO5. The van der Waals surface area contributed by atoms with Gasteiger partial charge in [0.05, 0.1) is 25.4 Å². The van der Waals surface area contributed by atoms with E-state index in [1.54, 1.807) is 0 Å². The third-order valence-corrected chi connectivity index (χ3v) is 12.2. The third kappa shape index (κ3) is 47.4. The summed E-state index contributed by atoms with van der Waals surface area (Å²) < 4.78 is 5.45. The summed E-state index contributed by atoms with van der Waals surface area (Å²) >= 11 is 0. The van der Waals surface area contributed by atoms with Crippen LogP contribution in [0.1, 0.15) is 277 Å². The maximum absolute atomic E-state index is 12.4. The Morgan fingerprint density at radius 1 is 0.459 bits per heavy atom. The molecule has 0 aromatic heterocycles. The standard InChI is InChI=1S/C55H103NO5/c1-3-5-7-9-11-13-14-29-33-37-41-45-49-55(60)61-50-46-42-38-34-30-27-25-23-21-19-17-15-16-18-20-22-24-26-28-32-36-40-44-48-54(59)56-52(51-57)53(58)47-43-39-35-31-12-10-8-6-4-2/h11,13,15,17-18,20,52-53,57-58H,3-10,12,14,16,19,21-51H2,1-2H3,(H,56,59)/b13-11-,17-15-,20-18-. The van der Waals surface area contributed by atoms with Gasteiger partial charge < -0.3 is 20.3 Å². The van der Waals surface area contributed by atoms with E-state index >= 15 is 0 Å². The molecule has 0 saturated heterocycles. The molecule has 0 aliphatic carbocycles. The molecule has 2 unspecified atom stereocenters. The SMILES string of the molecule is CCCCC/C=C\CCCCCCCC(=O)OCCCCCCCCCCC/C=C\C/C=C\CCCCCCCCCC(=O)NC(CO)C(O)CCCCCCCCCCC. The summed E-state index contributed by atoms with van der Waals surface area (Å²) in [5.41, 5.74) is 0. The van der Waals surface area contributed by atoms with E-state index in [1.807, 2.05) is 0 Å². The van der Waals surface area contributed by atoms with Gasteiger partial charge in [0.1, 0.15) is 0 Å². The fraction of sp³-hybridized carbons (Fsp3) is 0.855. The van der Waals surface area contributed by atoms with Crippen LogP contribution in [0.25, 0.3) is 0 Å². The molecule has 61 heavy (non-hydrogen) atoms. The number of ether oxygens (including phenoxy) is 1. The van der Waals surface area contributed by atoms with E-state index in [2.05, 4.69) is 55.6 Å². The number of nitrogens with one attached hydrogen (secondary N) is 1. The molecule has 0 aromatic carbocycles. The molecule has 2 atom stereocenters. The van der Waals surface area contributed by atoms with Crippen molar-refractivity contribution in [3.63, 3.8) is 0 Å². The number of unbranched alkanes of at least 4 members (excludes halogenated alkanes) is 32. The molecule has 0 rings (SSSR count). The number of hydrogen-bond acceptors (Lipinski definition) is 5. The number of hydrogen-bond donors (Lipinski definition) is 3. The lowest BCUT2D eigenvalue weighted by Gasteiger charge is -2.22. The second kappa shape index (κ2) is 50.7. The number of aliphatic hydroxyl groups is 2. The van der Waals surface area contributed by atoms with E-state index in [0.29, 0.717) is 25.9 Å². The number of esters is 1. The number of carbonyl (C=O) groups excluding carboxylic acids is 2. The van der Waals surface area contributed by atoms with Crippen molar-refractivity contribution in [3.05, 3.63) is 36.5 Å². The Labute approximate surface area is 379 Å². The Morgan fingerprint density at radius 3 is 1.30 bits per heavy atom. The first kappa shape index (κ1) is 59.1. The highest BCUT2D eigenvalue weighted by Crippen LogP contribution is 2.15. The van der Waals surface area contributed by atoms with E-state index in [1.165, 1.54) is 180 Å². The summed E-state index contributed by atoms with van der Waals surface area (Å²) in [6.45, 7) is 4.89. The van der Waals surface area contributed by atoms with Crippen LogP contribution in [0, 0.1) is 0 Å². The molecule has 0 fully saturated rings. The maximum atomic E-state index is 12.4. The Morgan fingerprint density at radius 2 is 0.820 bits per heavy atom. The van der Waals surface area contributed by atoms with Crippen molar-refractivity contribution in [1.29, 1.82) is 0 Å². The Hall–Kier alpha value is -1.92. The van der Waals surface area contributed by atoms with Crippen molar-refractivity contribution in [3.8, 4) is 0 Å². The monoisotopic (exact) mass is 858 g/mol. The summed E-state index contributed by atoms with van der Waals surface area (Å²) in [4.78, 5) is 24.4. The van der Waals surface area contributed by atoms with E-state index in [0.717, 1.165) is 64.2 Å². The predicted molar refractivity (Wildman–Crippen MR) is 264 cm³/mol. The zero-order valence-electron chi connectivity index (χ0n) is 40.6. The summed E-state index contributed by atoms with van der Waals surface area (Å²) in [5, 5.41) is 23.1. The van der Waals surface area contributed by atoms with E-state index in [4.69, 9.17) is 4.74 Å². The molecule has 0 bridgehead atoms. The molecular weight excluding hydrogens is 755 g/mol. The average molecular weight is 858 g/mol. The van der Waals surface area contributed by atoms with Gasteiger partial charge in [0.2, 0.25) is 5.91 Å². The summed E-state index contributed by atoms with van der Waals surface area (Å²) in [6, 6.07) is -0.547. The lowest BCUT2D eigenvalue weighted by molar-refractivity contribution is -0.143. The van der Waals surface area contributed by atoms with Crippen LogP contribution in [-0.2, 0) is 14.3 Å². The van der Waals surface area contributed by atoms with Crippen molar-refractivity contribution in [1.82, 2.24) is 5.32 Å². The lowest BCUT2D eigenvalue weighted by atomic mass is 10.0. The highest BCUT2D eigenvalue weighted by molar-refractivity contribution is 5.76. The number of amides is 1. The third-order valence-electron chi connectivity index (χ3n) is 12.2. The number of aliphatic hydroxyl groups excluding tert-OH is 2. The lowest BCUT2D eigenvalue weighted by Crippen LogP contribution is -2.45. The fourth-order valence-electron chi connectivity index (χ4n) is 8.02. The zero-order chi connectivity index (χ0) is 44.4. The molecule has 0 saturated carbocycles. The van der Waals surface area contributed by atoms with Crippen molar-refractivity contribution in [2.24, 2.45) is 0 Å². The number of allylic oxidation sites excluding steroid dienone is 6. The second-order valence-corrected chi connectivity index (χ2v) is 18.2. The summed E-state index contributed by atoms with van der Waals surface area (Å²) in [5.74, 6) is -0.0524. The molecule has 0 aromatic rings. The zero-order valence-corrected chi connectivity index (χ0v) is 40.6. The molecule has 0 aliphatic heterocycles. The van der Waals surface area contributed by atoms with Gasteiger partial charge in [-0.2, -0.15) is 0 Å². The Balaban J connectivity index is 3.44. The van der Waals surface area contributed by atoms with Crippen LogP contribution in [0.4, 0.5) is 0 Å². The molecule has 0 heterocycles. The molecule has 6 nitrogen and oxygen atoms in total. The first-order valence-corrected chi connectivity index (χ1v) is 26.7. The van der Waals surface area contributed by atoms with Gasteiger partial charge in [-0.1, -0.05) is 217 Å². The molecule has 0 aliphatic rings. The largest absolute Gasteiger partial charge is 0.466 e. The number of rotatable bonds is 49. The normalized spacial score (nSPS) is 12.9. The minimum Gasteiger partial charge on any atom is -0.466 e. The maximum Gasteiger partial charge on any atom is 0.305 e. The quantitative estimate of drug-likeness (QED) is 0.0322. The number of carbonyl (C=O) groups is 2. The van der Waals surface area contributed by atoms with Gasteiger partial charge >= 0.3 is 5.97 Å². The van der Waals surface area contributed by atoms with Crippen molar-refractivity contribution in [2.75, 3.05) is 13.2 Å². The van der Waals surface area contributed by atoms with Gasteiger partial charge in [-0.25, -0.2) is 0 Å². The van der Waals surface area contributed by atoms with Crippen molar-refractivity contribution < 1.29 is 24.5 Å². The topological polar surface area (TPSA) is 95.9 Å². The van der Waals surface area contributed by atoms with E-state index < -0.39 is 12.1 Å². The summed E-state index contributed by atoms with van der Waals surface area (Å²) in [7, 11) is 0. The molecule has 0 spiro atoms. The molecule has 358 valence electrons. The van der Waals surface area contributed by atoms with Gasteiger partial charge in [-0.15, -0.1) is 0 Å². The van der Waals surface area contributed by atoms with Crippen molar-refractivity contribution in [2.45, 2.75) is 289 Å². The van der Waals surface area contributed by atoms with Crippen LogP contribution < -0.4 is 5.32 Å². The first-order valence-electron chi connectivity index (χ1n) is 26.7.